The van der Waals surface area contributed by atoms with Gasteiger partial charge in [-0.3, -0.25) is 10.2 Å². The molecule has 2 aromatic rings. The molecule has 1 amide bonds. The predicted molar refractivity (Wildman–Crippen MR) is 69.6 cm³/mol. The zero-order chi connectivity index (χ0) is 14.0. The normalized spacial score (nSPS) is 11.4. The molecule has 4 nitrogen and oxygen atoms in total. The highest BCUT2D eigenvalue weighted by molar-refractivity contribution is 9.10. The van der Waals surface area contributed by atoms with Gasteiger partial charge in [-0.15, -0.1) is 0 Å². The molecule has 0 saturated carbocycles. The molecule has 100 valence electrons. The molecule has 0 saturated heterocycles. The Balaban J connectivity index is 2.32. The lowest BCUT2D eigenvalue weighted by Crippen LogP contribution is -2.47. The van der Waals surface area contributed by atoms with Gasteiger partial charge in [-0.2, -0.15) is 8.78 Å². The lowest BCUT2D eigenvalue weighted by molar-refractivity contribution is -0.192. The first-order chi connectivity index (χ1) is 8.92. The zero-order valence-corrected chi connectivity index (χ0v) is 11.1. The molecule has 0 aliphatic heterocycles. The van der Waals surface area contributed by atoms with Gasteiger partial charge < -0.3 is 4.74 Å². The number of amides is 1. The van der Waals surface area contributed by atoms with Crippen LogP contribution in [-0.4, -0.2) is 12.0 Å². The second-order valence-corrected chi connectivity index (χ2v) is 4.66. The Morgan fingerprint density at radius 1 is 1.21 bits per heavy atom. The summed E-state index contributed by atoms with van der Waals surface area (Å²) in [5, 5.41) is 1.57. The van der Waals surface area contributed by atoms with Crippen LogP contribution in [0.2, 0.25) is 0 Å². The molecule has 0 heterocycles. The number of alkyl halides is 2. The summed E-state index contributed by atoms with van der Waals surface area (Å²) < 4.78 is 31.7. The van der Waals surface area contributed by atoms with Crippen LogP contribution < -0.4 is 16.0 Å². The lowest BCUT2D eigenvalue weighted by atomic mass is 10.1. The van der Waals surface area contributed by atoms with Gasteiger partial charge in [-0.05, 0) is 35.0 Å². The van der Waals surface area contributed by atoms with Crippen molar-refractivity contribution in [1.82, 2.24) is 5.43 Å². The SMILES string of the molecule is NNC(=O)C(F)(F)Oc1ccc2cc(Br)ccc2c1. The summed E-state index contributed by atoms with van der Waals surface area (Å²) >= 11 is 3.31. The third-order valence-electron chi connectivity index (χ3n) is 2.42. The Morgan fingerprint density at radius 3 is 2.53 bits per heavy atom. The molecule has 0 aliphatic rings. The molecule has 2 rings (SSSR count). The minimum atomic E-state index is -4.02. The molecule has 0 unspecified atom stereocenters. The van der Waals surface area contributed by atoms with E-state index in [4.69, 9.17) is 0 Å². The summed E-state index contributed by atoms with van der Waals surface area (Å²) in [5.41, 5.74) is 1.35. The third kappa shape index (κ3) is 2.99. The number of fused-ring (bicyclic) bond motifs is 1. The Morgan fingerprint density at radius 2 is 1.84 bits per heavy atom. The molecule has 19 heavy (non-hydrogen) atoms. The Labute approximate surface area is 115 Å². The van der Waals surface area contributed by atoms with Crippen LogP contribution >= 0.6 is 15.9 Å². The molecular weight excluding hydrogens is 322 g/mol. The molecule has 0 aromatic heterocycles. The van der Waals surface area contributed by atoms with Gasteiger partial charge in [-0.25, -0.2) is 5.84 Å². The standard InChI is InChI=1S/C12H9BrF2N2O2/c13-9-3-1-8-6-10(4-2-7(8)5-9)19-12(14,15)11(18)17-16/h1-6H,16H2,(H,17,18). The van der Waals surface area contributed by atoms with Crippen LogP contribution in [0.5, 0.6) is 5.75 Å². The zero-order valence-electron chi connectivity index (χ0n) is 9.49. The number of nitrogens with one attached hydrogen (secondary N) is 1. The summed E-state index contributed by atoms with van der Waals surface area (Å²) in [6, 6.07) is 9.74. The van der Waals surface area contributed by atoms with Crippen molar-refractivity contribution in [3.05, 3.63) is 40.9 Å². The van der Waals surface area contributed by atoms with E-state index in [2.05, 4.69) is 26.5 Å². The van der Waals surface area contributed by atoms with Gasteiger partial charge in [-0.1, -0.05) is 28.1 Å². The topological polar surface area (TPSA) is 64.3 Å². The Hall–Kier alpha value is -1.73. The van der Waals surface area contributed by atoms with E-state index >= 15 is 0 Å². The number of carbonyl (C=O) groups excluding carboxylic acids is 1. The van der Waals surface area contributed by atoms with Crippen molar-refractivity contribution in [3.63, 3.8) is 0 Å². The number of rotatable bonds is 3. The number of hydrogen-bond donors (Lipinski definition) is 2. The molecule has 3 N–H and O–H groups in total. The van der Waals surface area contributed by atoms with Crippen LogP contribution in [0.3, 0.4) is 0 Å². The van der Waals surface area contributed by atoms with E-state index in [9.17, 15) is 13.6 Å². The summed E-state index contributed by atoms with van der Waals surface area (Å²) in [7, 11) is 0. The van der Waals surface area contributed by atoms with Gasteiger partial charge in [0.1, 0.15) is 5.75 Å². The largest absolute Gasteiger partial charge is 0.483 e. The van der Waals surface area contributed by atoms with Gasteiger partial charge in [0.2, 0.25) is 0 Å². The van der Waals surface area contributed by atoms with Crippen molar-refractivity contribution >= 4 is 32.6 Å². The van der Waals surface area contributed by atoms with Gasteiger partial charge in [0.25, 0.3) is 0 Å². The highest BCUT2D eigenvalue weighted by atomic mass is 79.9. The van der Waals surface area contributed by atoms with Crippen molar-refractivity contribution in [2.75, 3.05) is 0 Å². The van der Waals surface area contributed by atoms with Crippen LogP contribution in [-0.2, 0) is 4.79 Å². The maximum atomic E-state index is 13.2. The van der Waals surface area contributed by atoms with Crippen molar-refractivity contribution in [2.45, 2.75) is 6.11 Å². The molecule has 0 bridgehead atoms. The molecule has 7 heteroatoms. The van der Waals surface area contributed by atoms with Crippen molar-refractivity contribution in [2.24, 2.45) is 5.84 Å². The number of hydrazine groups is 1. The van der Waals surface area contributed by atoms with E-state index in [0.29, 0.717) is 5.39 Å². The summed E-state index contributed by atoms with van der Waals surface area (Å²) in [5.74, 6) is 2.83. The van der Waals surface area contributed by atoms with E-state index in [-0.39, 0.29) is 5.75 Å². The Kier molecular flexibility index (Phi) is 3.68. The monoisotopic (exact) mass is 330 g/mol. The fraction of sp³-hybridized carbons (Fsp3) is 0.0833. The number of hydrogen-bond acceptors (Lipinski definition) is 3. The smallest absolute Gasteiger partial charge is 0.425 e. The highest BCUT2D eigenvalue weighted by Gasteiger charge is 2.41. The fourth-order valence-corrected chi connectivity index (χ4v) is 1.92. The van der Waals surface area contributed by atoms with E-state index < -0.39 is 12.0 Å². The summed E-state index contributed by atoms with van der Waals surface area (Å²) in [6.45, 7) is 0. The molecule has 0 atom stereocenters. The number of nitrogens with two attached hydrogens (primary N) is 1. The third-order valence-corrected chi connectivity index (χ3v) is 2.91. The molecule has 0 radical (unpaired) electrons. The minimum absolute atomic E-state index is 0.122. The van der Waals surface area contributed by atoms with Gasteiger partial charge in [0.15, 0.2) is 0 Å². The summed E-state index contributed by atoms with van der Waals surface area (Å²) in [6.07, 6.45) is -4.02. The van der Waals surface area contributed by atoms with Gasteiger partial charge in [0.05, 0.1) is 0 Å². The molecule has 0 fully saturated rings. The maximum absolute atomic E-state index is 13.2. The van der Waals surface area contributed by atoms with Crippen LogP contribution in [0.1, 0.15) is 0 Å². The predicted octanol–water partition coefficient (Wildman–Crippen LogP) is 2.56. The van der Waals surface area contributed by atoms with Gasteiger partial charge in [0, 0.05) is 4.47 Å². The van der Waals surface area contributed by atoms with Crippen molar-refractivity contribution in [1.29, 1.82) is 0 Å². The molecule has 0 aliphatic carbocycles. The van der Waals surface area contributed by atoms with Crippen LogP contribution in [0.15, 0.2) is 40.9 Å². The fourth-order valence-electron chi connectivity index (χ4n) is 1.54. The Bertz CT molecular complexity index is 634. The number of halogens is 3. The van der Waals surface area contributed by atoms with Crippen molar-refractivity contribution in [3.8, 4) is 5.75 Å². The molecule has 2 aromatic carbocycles. The van der Waals surface area contributed by atoms with Gasteiger partial charge >= 0.3 is 12.0 Å². The van der Waals surface area contributed by atoms with E-state index in [1.807, 2.05) is 6.07 Å². The highest BCUT2D eigenvalue weighted by Crippen LogP contribution is 2.27. The van der Waals surface area contributed by atoms with Crippen LogP contribution in [0.4, 0.5) is 8.78 Å². The van der Waals surface area contributed by atoms with Crippen molar-refractivity contribution < 1.29 is 18.3 Å². The summed E-state index contributed by atoms with van der Waals surface area (Å²) in [4.78, 5) is 10.8. The van der Waals surface area contributed by atoms with Crippen LogP contribution in [0.25, 0.3) is 10.8 Å². The average Bonchev–Trinajstić information content (AvgIpc) is 2.37. The molecule has 0 spiro atoms. The first-order valence-corrected chi connectivity index (χ1v) is 5.99. The minimum Gasteiger partial charge on any atom is -0.425 e. The second-order valence-electron chi connectivity index (χ2n) is 3.75. The van der Waals surface area contributed by atoms with E-state index in [0.717, 1.165) is 9.86 Å². The maximum Gasteiger partial charge on any atom is 0.483 e. The second kappa shape index (κ2) is 5.10. The van der Waals surface area contributed by atoms with E-state index in [1.54, 1.807) is 18.2 Å². The number of ether oxygens (including phenoxy) is 1. The van der Waals surface area contributed by atoms with E-state index in [1.165, 1.54) is 17.6 Å². The lowest BCUT2D eigenvalue weighted by Gasteiger charge is -2.16. The number of carbonyl (C=O) groups is 1. The number of benzene rings is 2. The molecular formula is C12H9BrF2N2O2. The quantitative estimate of drug-likeness (QED) is 0.516. The first-order valence-electron chi connectivity index (χ1n) is 5.19. The average molecular weight is 331 g/mol. The van der Waals surface area contributed by atoms with Crippen LogP contribution in [0, 0.1) is 0 Å². The first kappa shape index (κ1) is 13.7.